The fourth-order valence-corrected chi connectivity index (χ4v) is 3.56. The zero-order valence-corrected chi connectivity index (χ0v) is 21.1. The minimum absolute atomic E-state index is 0. The number of aromatic nitrogens is 3. The summed E-state index contributed by atoms with van der Waals surface area (Å²) < 4.78 is 18.3. The first-order valence-corrected chi connectivity index (χ1v) is 9.89. The molecule has 1 aromatic carbocycles. The summed E-state index contributed by atoms with van der Waals surface area (Å²) in [6.45, 7) is 5.05. The number of rotatable bonds is 7. The third-order valence-electron chi connectivity index (χ3n) is 5.22. The van der Waals surface area contributed by atoms with Crippen LogP contribution in [-0.4, -0.2) is 85.1 Å². The molecule has 172 valence electrons. The van der Waals surface area contributed by atoms with E-state index in [1.54, 1.807) is 34.7 Å². The van der Waals surface area contributed by atoms with E-state index in [1.807, 2.05) is 23.7 Å². The lowest BCUT2D eigenvalue weighted by Crippen LogP contribution is -2.52. The van der Waals surface area contributed by atoms with Gasteiger partial charge in [-0.25, -0.2) is 0 Å². The predicted molar refractivity (Wildman–Crippen MR) is 130 cm³/mol. The van der Waals surface area contributed by atoms with Crippen LogP contribution in [0.2, 0.25) is 0 Å². The molecule has 0 bridgehead atoms. The van der Waals surface area contributed by atoms with Crippen LogP contribution in [0.4, 0.5) is 0 Å². The molecule has 0 radical (unpaired) electrons. The first-order chi connectivity index (χ1) is 14.6. The largest absolute Gasteiger partial charge is 0.493 e. The first-order valence-electron chi connectivity index (χ1n) is 9.89. The van der Waals surface area contributed by atoms with Gasteiger partial charge in [-0.05, 0) is 17.7 Å². The Morgan fingerprint density at radius 1 is 1.06 bits per heavy atom. The molecule has 3 rings (SSSR count). The summed E-state index contributed by atoms with van der Waals surface area (Å²) in [7, 11) is 8.63. The van der Waals surface area contributed by atoms with Gasteiger partial charge in [0.1, 0.15) is 6.33 Å². The van der Waals surface area contributed by atoms with Gasteiger partial charge in [-0.1, -0.05) is 0 Å². The molecule has 0 atom stereocenters. The summed E-state index contributed by atoms with van der Waals surface area (Å²) in [5.41, 5.74) is 1.13. The van der Waals surface area contributed by atoms with Crippen LogP contribution >= 0.6 is 24.0 Å². The number of hydrogen-bond donors (Lipinski definition) is 1. The molecule has 1 aliphatic heterocycles. The zero-order chi connectivity index (χ0) is 21.5. The Morgan fingerprint density at radius 2 is 1.71 bits per heavy atom. The van der Waals surface area contributed by atoms with Crippen molar-refractivity contribution in [2.24, 2.45) is 12.0 Å². The maximum absolute atomic E-state index is 5.47. The lowest BCUT2D eigenvalue weighted by Gasteiger charge is -2.36. The maximum atomic E-state index is 5.47. The number of guanidine groups is 1. The van der Waals surface area contributed by atoms with E-state index < -0.39 is 0 Å². The minimum atomic E-state index is 0. The second-order valence-electron chi connectivity index (χ2n) is 7.06. The molecule has 0 aliphatic carbocycles. The molecule has 1 N–H and O–H groups in total. The number of ether oxygens (including phenoxy) is 3. The van der Waals surface area contributed by atoms with Gasteiger partial charge in [0.15, 0.2) is 23.3 Å². The highest BCUT2D eigenvalue weighted by molar-refractivity contribution is 14.0. The minimum Gasteiger partial charge on any atom is -0.493 e. The van der Waals surface area contributed by atoms with Crippen molar-refractivity contribution in [3.05, 3.63) is 29.8 Å². The van der Waals surface area contributed by atoms with Crippen LogP contribution in [0.5, 0.6) is 17.2 Å². The van der Waals surface area contributed by atoms with Crippen molar-refractivity contribution in [3.63, 3.8) is 0 Å². The van der Waals surface area contributed by atoms with Gasteiger partial charge in [0, 0.05) is 46.8 Å². The molecule has 0 unspecified atom stereocenters. The Labute approximate surface area is 200 Å². The quantitative estimate of drug-likeness (QED) is 0.317. The summed E-state index contributed by atoms with van der Waals surface area (Å²) in [4.78, 5) is 9.10. The number of methoxy groups -OCH3 is 3. The van der Waals surface area contributed by atoms with Gasteiger partial charge in [-0.2, -0.15) is 0 Å². The number of nitrogens with zero attached hydrogens (tertiary/aromatic N) is 6. The van der Waals surface area contributed by atoms with Crippen LogP contribution in [0.3, 0.4) is 0 Å². The van der Waals surface area contributed by atoms with E-state index in [1.165, 1.54) is 0 Å². The highest BCUT2D eigenvalue weighted by atomic mass is 127. The van der Waals surface area contributed by atoms with E-state index in [4.69, 9.17) is 14.2 Å². The van der Waals surface area contributed by atoms with Crippen molar-refractivity contribution in [1.29, 1.82) is 0 Å². The van der Waals surface area contributed by atoms with Crippen LogP contribution < -0.4 is 19.5 Å². The standard InChI is InChI=1S/C20H31N7O3.HI/c1-21-20(22-12-18-24-23-14-25(18)2)27-8-6-26(7-9-27)13-15-10-16(28-3)19(30-5)17(11-15)29-4;/h10-11,14H,6-9,12-13H2,1-5H3,(H,21,22);1H. The van der Waals surface area contributed by atoms with E-state index in [2.05, 4.69) is 30.3 Å². The Bertz CT molecular complexity index is 841. The summed E-state index contributed by atoms with van der Waals surface area (Å²) in [6, 6.07) is 4.02. The van der Waals surface area contributed by atoms with Crippen molar-refractivity contribution in [3.8, 4) is 17.2 Å². The van der Waals surface area contributed by atoms with Crippen LogP contribution in [0.15, 0.2) is 23.5 Å². The van der Waals surface area contributed by atoms with Crippen molar-refractivity contribution < 1.29 is 14.2 Å². The third-order valence-corrected chi connectivity index (χ3v) is 5.22. The number of halogens is 1. The fraction of sp³-hybridized carbons (Fsp3) is 0.550. The van der Waals surface area contributed by atoms with Crippen molar-refractivity contribution in [1.82, 2.24) is 29.9 Å². The molecule has 2 heterocycles. The van der Waals surface area contributed by atoms with E-state index in [9.17, 15) is 0 Å². The first kappa shape index (κ1) is 25.0. The van der Waals surface area contributed by atoms with Crippen molar-refractivity contribution >= 4 is 29.9 Å². The molecule has 2 aromatic rings. The highest BCUT2D eigenvalue weighted by Crippen LogP contribution is 2.38. The van der Waals surface area contributed by atoms with Gasteiger partial charge in [0.2, 0.25) is 5.75 Å². The number of nitrogens with one attached hydrogen (secondary N) is 1. The SMILES string of the molecule is CN=C(NCc1nncn1C)N1CCN(Cc2cc(OC)c(OC)c(OC)c2)CC1.I. The van der Waals surface area contributed by atoms with Gasteiger partial charge >= 0.3 is 0 Å². The molecular formula is C20H32IN7O3. The maximum Gasteiger partial charge on any atom is 0.203 e. The average molecular weight is 545 g/mol. The number of benzene rings is 1. The molecular weight excluding hydrogens is 513 g/mol. The van der Waals surface area contributed by atoms with E-state index in [0.717, 1.165) is 50.1 Å². The van der Waals surface area contributed by atoms with E-state index in [-0.39, 0.29) is 24.0 Å². The summed E-state index contributed by atoms with van der Waals surface area (Å²) >= 11 is 0. The van der Waals surface area contributed by atoms with Crippen molar-refractivity contribution in [2.75, 3.05) is 54.6 Å². The van der Waals surface area contributed by atoms with E-state index in [0.29, 0.717) is 23.8 Å². The smallest absolute Gasteiger partial charge is 0.203 e. The van der Waals surface area contributed by atoms with Crippen LogP contribution in [-0.2, 0) is 20.1 Å². The summed E-state index contributed by atoms with van der Waals surface area (Å²) in [5, 5.41) is 11.4. The average Bonchev–Trinajstić information content (AvgIpc) is 3.19. The molecule has 31 heavy (non-hydrogen) atoms. The topological polar surface area (TPSA) is 89.3 Å². The summed E-state index contributed by atoms with van der Waals surface area (Å²) in [6.07, 6.45) is 1.70. The summed E-state index contributed by atoms with van der Waals surface area (Å²) in [5.74, 6) is 3.73. The molecule has 1 saturated heterocycles. The normalized spacial score (nSPS) is 14.7. The molecule has 1 aromatic heterocycles. The molecule has 0 spiro atoms. The van der Waals surface area contributed by atoms with Crippen LogP contribution in [0, 0.1) is 0 Å². The lowest BCUT2D eigenvalue weighted by atomic mass is 10.1. The Morgan fingerprint density at radius 3 is 2.19 bits per heavy atom. The van der Waals surface area contributed by atoms with Gasteiger partial charge < -0.3 is 29.0 Å². The predicted octanol–water partition coefficient (Wildman–Crippen LogP) is 1.35. The monoisotopic (exact) mass is 545 g/mol. The fourth-order valence-electron chi connectivity index (χ4n) is 3.56. The Kier molecular flexibility index (Phi) is 9.62. The molecule has 0 amide bonds. The van der Waals surface area contributed by atoms with Gasteiger partial charge in [0.05, 0.1) is 27.9 Å². The van der Waals surface area contributed by atoms with Gasteiger partial charge in [-0.15, -0.1) is 34.2 Å². The molecule has 11 heteroatoms. The lowest BCUT2D eigenvalue weighted by molar-refractivity contribution is 0.172. The van der Waals surface area contributed by atoms with E-state index >= 15 is 0 Å². The number of aliphatic imine (C=N–C) groups is 1. The van der Waals surface area contributed by atoms with Gasteiger partial charge in [-0.3, -0.25) is 9.89 Å². The third kappa shape index (κ3) is 6.12. The molecule has 1 aliphatic rings. The van der Waals surface area contributed by atoms with Crippen LogP contribution in [0.1, 0.15) is 11.4 Å². The Balaban J connectivity index is 0.00000341. The second kappa shape index (κ2) is 11.9. The Hall–Kier alpha value is -2.28. The number of aryl methyl sites for hydroxylation is 1. The highest BCUT2D eigenvalue weighted by Gasteiger charge is 2.21. The van der Waals surface area contributed by atoms with Crippen LogP contribution in [0.25, 0.3) is 0 Å². The van der Waals surface area contributed by atoms with Gasteiger partial charge in [0.25, 0.3) is 0 Å². The van der Waals surface area contributed by atoms with Crippen molar-refractivity contribution in [2.45, 2.75) is 13.1 Å². The second-order valence-corrected chi connectivity index (χ2v) is 7.06. The molecule has 1 fully saturated rings. The molecule has 0 saturated carbocycles. The number of piperazine rings is 1. The zero-order valence-electron chi connectivity index (χ0n) is 18.8. The molecule has 10 nitrogen and oxygen atoms in total. The number of hydrogen-bond acceptors (Lipinski definition) is 7.